The highest BCUT2D eigenvalue weighted by Gasteiger charge is 2.20. The van der Waals surface area contributed by atoms with E-state index in [1.165, 1.54) is 0 Å². The summed E-state index contributed by atoms with van der Waals surface area (Å²) >= 11 is 0. The van der Waals surface area contributed by atoms with Gasteiger partial charge in [0, 0.05) is 31.7 Å². The maximum absolute atomic E-state index is 12.4. The van der Waals surface area contributed by atoms with Gasteiger partial charge in [-0.25, -0.2) is 0 Å². The van der Waals surface area contributed by atoms with Gasteiger partial charge >= 0.3 is 0 Å². The van der Waals surface area contributed by atoms with Crippen LogP contribution in [0.1, 0.15) is 22.5 Å². The Morgan fingerprint density at radius 1 is 1.00 bits per heavy atom. The number of amides is 2. The molecule has 1 aliphatic rings. The SMILES string of the molecule is O=C(NCC(=O)N1CCCN(Cc2ccco2)CC1)c1ccccc1. The van der Waals surface area contributed by atoms with Crippen LogP contribution < -0.4 is 5.32 Å². The summed E-state index contributed by atoms with van der Waals surface area (Å²) in [5.74, 6) is 0.683. The molecule has 3 rings (SSSR count). The van der Waals surface area contributed by atoms with Gasteiger partial charge in [0.2, 0.25) is 5.91 Å². The Bertz CT molecular complexity index is 685. The third kappa shape index (κ3) is 4.93. The molecule has 0 radical (unpaired) electrons. The van der Waals surface area contributed by atoms with Gasteiger partial charge in [-0.1, -0.05) is 18.2 Å². The van der Waals surface area contributed by atoms with Crippen LogP contribution in [0.25, 0.3) is 0 Å². The minimum atomic E-state index is -0.219. The van der Waals surface area contributed by atoms with Crippen LogP contribution in [0.5, 0.6) is 0 Å². The molecule has 1 aliphatic heterocycles. The Kier molecular flexibility index (Phi) is 5.85. The van der Waals surface area contributed by atoms with Crippen molar-refractivity contribution >= 4 is 11.8 Å². The van der Waals surface area contributed by atoms with Gasteiger partial charge in [0.1, 0.15) is 5.76 Å². The molecular weight excluding hydrogens is 318 g/mol. The van der Waals surface area contributed by atoms with Crippen LogP contribution in [0.15, 0.2) is 53.1 Å². The zero-order valence-electron chi connectivity index (χ0n) is 14.2. The Hall–Kier alpha value is -2.60. The normalized spacial score (nSPS) is 15.6. The fraction of sp³-hybridized carbons (Fsp3) is 0.368. The van der Waals surface area contributed by atoms with E-state index in [1.54, 1.807) is 30.5 Å². The largest absolute Gasteiger partial charge is 0.468 e. The van der Waals surface area contributed by atoms with Crippen molar-refractivity contribution in [1.82, 2.24) is 15.1 Å². The summed E-state index contributed by atoms with van der Waals surface area (Å²) in [6.45, 7) is 3.92. The molecular formula is C19H23N3O3. The molecule has 1 aromatic carbocycles. The van der Waals surface area contributed by atoms with E-state index in [-0.39, 0.29) is 18.4 Å². The minimum absolute atomic E-state index is 0.0336. The number of carbonyl (C=O) groups excluding carboxylic acids is 2. The topological polar surface area (TPSA) is 65.8 Å². The summed E-state index contributed by atoms with van der Waals surface area (Å²) in [6.07, 6.45) is 2.59. The summed E-state index contributed by atoms with van der Waals surface area (Å²) in [7, 11) is 0. The van der Waals surface area contributed by atoms with Gasteiger partial charge in [0.25, 0.3) is 5.91 Å². The molecule has 1 aromatic heterocycles. The van der Waals surface area contributed by atoms with E-state index >= 15 is 0 Å². The van der Waals surface area contributed by atoms with Crippen LogP contribution in [0.2, 0.25) is 0 Å². The molecule has 0 unspecified atom stereocenters. The van der Waals surface area contributed by atoms with Gasteiger partial charge in [0.15, 0.2) is 0 Å². The van der Waals surface area contributed by atoms with Crippen molar-refractivity contribution in [3.8, 4) is 0 Å². The second kappa shape index (κ2) is 8.48. The summed E-state index contributed by atoms with van der Waals surface area (Å²) in [4.78, 5) is 28.5. The van der Waals surface area contributed by atoms with Crippen molar-refractivity contribution in [2.75, 3.05) is 32.7 Å². The number of carbonyl (C=O) groups is 2. The van der Waals surface area contributed by atoms with Crippen molar-refractivity contribution in [2.24, 2.45) is 0 Å². The predicted octanol–water partition coefficient (Wildman–Crippen LogP) is 1.74. The molecule has 0 aliphatic carbocycles. The van der Waals surface area contributed by atoms with Crippen molar-refractivity contribution in [2.45, 2.75) is 13.0 Å². The highest BCUT2D eigenvalue weighted by Crippen LogP contribution is 2.09. The molecule has 1 saturated heterocycles. The number of nitrogens with zero attached hydrogens (tertiary/aromatic N) is 2. The second-order valence-corrected chi connectivity index (χ2v) is 6.14. The van der Waals surface area contributed by atoms with Crippen LogP contribution in [0.3, 0.4) is 0 Å². The zero-order valence-corrected chi connectivity index (χ0v) is 14.2. The monoisotopic (exact) mass is 341 g/mol. The summed E-state index contributed by atoms with van der Waals surface area (Å²) < 4.78 is 5.39. The van der Waals surface area contributed by atoms with E-state index in [4.69, 9.17) is 4.42 Å². The van der Waals surface area contributed by atoms with Crippen LogP contribution >= 0.6 is 0 Å². The van der Waals surface area contributed by atoms with Gasteiger partial charge in [-0.3, -0.25) is 14.5 Å². The van der Waals surface area contributed by atoms with Gasteiger partial charge in [-0.15, -0.1) is 0 Å². The van der Waals surface area contributed by atoms with E-state index in [0.717, 1.165) is 31.8 Å². The molecule has 6 nitrogen and oxygen atoms in total. The summed E-state index contributed by atoms with van der Waals surface area (Å²) in [5, 5.41) is 2.71. The molecule has 0 bridgehead atoms. The third-order valence-electron chi connectivity index (χ3n) is 4.34. The number of hydrogen-bond acceptors (Lipinski definition) is 4. The van der Waals surface area contributed by atoms with Crippen molar-refractivity contribution in [1.29, 1.82) is 0 Å². The highest BCUT2D eigenvalue weighted by molar-refractivity contribution is 5.96. The average molecular weight is 341 g/mol. The van der Waals surface area contributed by atoms with Gasteiger partial charge < -0.3 is 14.6 Å². The third-order valence-corrected chi connectivity index (χ3v) is 4.34. The Balaban J connectivity index is 1.45. The van der Waals surface area contributed by atoms with Crippen molar-refractivity contribution in [3.05, 3.63) is 60.1 Å². The number of hydrogen-bond donors (Lipinski definition) is 1. The van der Waals surface area contributed by atoms with Gasteiger partial charge in [0.05, 0.1) is 19.4 Å². The number of rotatable bonds is 5. The summed E-state index contributed by atoms with van der Waals surface area (Å²) in [5.41, 5.74) is 0.566. The summed E-state index contributed by atoms with van der Waals surface area (Å²) in [6, 6.07) is 12.8. The number of nitrogens with one attached hydrogen (secondary N) is 1. The lowest BCUT2D eigenvalue weighted by Gasteiger charge is -2.21. The molecule has 2 aromatic rings. The van der Waals surface area contributed by atoms with E-state index in [9.17, 15) is 9.59 Å². The van der Waals surface area contributed by atoms with Gasteiger partial charge in [-0.05, 0) is 30.7 Å². The van der Waals surface area contributed by atoms with Crippen molar-refractivity contribution < 1.29 is 14.0 Å². The van der Waals surface area contributed by atoms with Crippen LogP contribution in [-0.4, -0.2) is 54.3 Å². The van der Waals surface area contributed by atoms with E-state index in [2.05, 4.69) is 10.2 Å². The fourth-order valence-electron chi connectivity index (χ4n) is 2.96. The predicted molar refractivity (Wildman–Crippen MR) is 94.0 cm³/mol. The smallest absolute Gasteiger partial charge is 0.251 e. The lowest BCUT2D eigenvalue weighted by atomic mass is 10.2. The molecule has 0 atom stereocenters. The average Bonchev–Trinajstić information content (AvgIpc) is 3.04. The molecule has 0 spiro atoms. The zero-order chi connectivity index (χ0) is 17.5. The molecule has 2 amide bonds. The lowest BCUT2D eigenvalue weighted by molar-refractivity contribution is -0.130. The Labute approximate surface area is 147 Å². The van der Waals surface area contributed by atoms with E-state index in [1.807, 2.05) is 23.1 Å². The standard InChI is InChI=1S/C19H23N3O3/c23-18(14-20-19(24)16-6-2-1-3-7-16)22-10-5-9-21(11-12-22)15-17-8-4-13-25-17/h1-4,6-8,13H,5,9-12,14-15H2,(H,20,24). The minimum Gasteiger partial charge on any atom is -0.468 e. The Morgan fingerprint density at radius 3 is 2.60 bits per heavy atom. The lowest BCUT2D eigenvalue weighted by Crippen LogP contribution is -2.41. The first-order chi connectivity index (χ1) is 12.2. The molecule has 2 heterocycles. The maximum atomic E-state index is 12.4. The Morgan fingerprint density at radius 2 is 1.84 bits per heavy atom. The second-order valence-electron chi connectivity index (χ2n) is 6.14. The first-order valence-corrected chi connectivity index (χ1v) is 8.58. The van der Waals surface area contributed by atoms with Crippen LogP contribution in [0.4, 0.5) is 0 Å². The van der Waals surface area contributed by atoms with E-state index < -0.39 is 0 Å². The molecule has 25 heavy (non-hydrogen) atoms. The first-order valence-electron chi connectivity index (χ1n) is 8.58. The number of furan rings is 1. The quantitative estimate of drug-likeness (QED) is 0.900. The van der Waals surface area contributed by atoms with Crippen LogP contribution in [-0.2, 0) is 11.3 Å². The van der Waals surface area contributed by atoms with Crippen LogP contribution in [0, 0.1) is 0 Å². The molecule has 132 valence electrons. The van der Waals surface area contributed by atoms with E-state index in [0.29, 0.717) is 18.7 Å². The number of benzene rings is 1. The molecule has 0 saturated carbocycles. The molecule has 1 fully saturated rings. The first kappa shape index (κ1) is 17.2. The maximum Gasteiger partial charge on any atom is 0.251 e. The highest BCUT2D eigenvalue weighted by atomic mass is 16.3. The fourth-order valence-corrected chi connectivity index (χ4v) is 2.96. The molecule has 1 N–H and O–H groups in total. The molecule has 6 heteroatoms. The van der Waals surface area contributed by atoms with Crippen molar-refractivity contribution in [3.63, 3.8) is 0 Å². The van der Waals surface area contributed by atoms with Gasteiger partial charge in [-0.2, -0.15) is 0 Å².